The molecule has 0 aliphatic rings. The van der Waals surface area contributed by atoms with Gasteiger partial charge in [-0.3, -0.25) is 0 Å². The summed E-state index contributed by atoms with van der Waals surface area (Å²) in [6, 6.07) is 7.12. The maximum absolute atomic E-state index is 11.6. The lowest BCUT2D eigenvalue weighted by atomic mass is 10.0. The summed E-state index contributed by atoms with van der Waals surface area (Å²) in [5, 5.41) is 6.18. The molecule has 0 radical (unpaired) electrons. The fraction of sp³-hybridized carbons (Fsp3) is 0.308. The highest BCUT2D eigenvalue weighted by Gasteiger charge is 2.14. The molecule has 0 saturated heterocycles. The van der Waals surface area contributed by atoms with Crippen LogP contribution in [-0.2, 0) is 16.3 Å². The van der Waals surface area contributed by atoms with Crippen LogP contribution in [0.15, 0.2) is 40.7 Å². The Kier molecular flexibility index (Phi) is 4.34. The Morgan fingerprint density at radius 3 is 2.79 bits per heavy atom. The molecule has 19 heavy (non-hydrogen) atoms. The van der Waals surface area contributed by atoms with E-state index in [4.69, 9.17) is 0 Å². The van der Waals surface area contributed by atoms with Gasteiger partial charge in [-0.15, -0.1) is 11.3 Å². The first kappa shape index (κ1) is 14.2. The maximum atomic E-state index is 11.6. The highest BCUT2D eigenvalue weighted by atomic mass is 32.2. The Balaban J connectivity index is 2.28. The summed E-state index contributed by atoms with van der Waals surface area (Å²) >= 11 is 1.60. The third-order valence-corrected chi connectivity index (χ3v) is 4.81. The first-order valence-corrected chi connectivity index (χ1v) is 8.63. The molecule has 2 rings (SSSR count). The van der Waals surface area contributed by atoms with Gasteiger partial charge in [0.25, 0.3) is 0 Å². The van der Waals surface area contributed by atoms with Gasteiger partial charge in [0.1, 0.15) is 0 Å². The van der Waals surface area contributed by atoms with Gasteiger partial charge in [-0.2, -0.15) is 0 Å². The molecule has 0 saturated carbocycles. The molecule has 0 spiro atoms. The molecule has 1 unspecified atom stereocenters. The fourth-order valence-electron chi connectivity index (χ4n) is 1.88. The zero-order valence-corrected chi connectivity index (χ0v) is 12.5. The Labute approximate surface area is 117 Å². The number of hydrogen-bond acceptors (Lipinski definition) is 5. The summed E-state index contributed by atoms with van der Waals surface area (Å²) in [4.78, 5) is 4.61. The first-order valence-electron chi connectivity index (χ1n) is 5.86. The van der Waals surface area contributed by atoms with Crippen molar-refractivity contribution in [2.24, 2.45) is 0 Å². The molecule has 0 bridgehead atoms. The summed E-state index contributed by atoms with van der Waals surface area (Å²) in [5.41, 5.74) is 0.959. The van der Waals surface area contributed by atoms with Gasteiger partial charge >= 0.3 is 0 Å². The molecule has 4 nitrogen and oxygen atoms in total. The number of hydrogen-bond donors (Lipinski definition) is 1. The predicted molar refractivity (Wildman–Crippen MR) is 77.2 cm³/mol. The van der Waals surface area contributed by atoms with E-state index in [2.05, 4.69) is 10.3 Å². The van der Waals surface area contributed by atoms with E-state index in [9.17, 15) is 8.42 Å². The monoisotopic (exact) mass is 296 g/mol. The smallest absolute Gasteiger partial charge is 0.175 e. The lowest BCUT2D eigenvalue weighted by Gasteiger charge is -2.16. The molecule has 1 N–H and O–H groups in total. The quantitative estimate of drug-likeness (QED) is 0.917. The van der Waals surface area contributed by atoms with Crippen LogP contribution >= 0.6 is 11.3 Å². The normalized spacial score (nSPS) is 13.4. The zero-order valence-electron chi connectivity index (χ0n) is 10.8. The van der Waals surface area contributed by atoms with Crippen LogP contribution in [0.5, 0.6) is 0 Å². The molecule has 0 aliphatic carbocycles. The molecule has 1 aromatic carbocycles. The second kappa shape index (κ2) is 5.81. The molecule has 0 aliphatic heterocycles. The average molecular weight is 296 g/mol. The number of likely N-dealkylation sites (N-methyl/N-ethyl adjacent to an activating group) is 1. The number of thiazole rings is 1. The van der Waals surface area contributed by atoms with E-state index in [1.807, 2.05) is 18.5 Å². The minimum Gasteiger partial charge on any atom is -0.313 e. The number of nitrogens with zero attached hydrogens (tertiary/aromatic N) is 1. The summed E-state index contributed by atoms with van der Waals surface area (Å²) < 4.78 is 23.2. The standard InChI is InChI=1S/C13H16N2O2S2/c1-14-12(9-13-15-6-7-18-13)10-4-3-5-11(8-10)19(2,16)17/h3-8,12,14H,9H2,1-2H3. The van der Waals surface area contributed by atoms with Gasteiger partial charge in [-0.1, -0.05) is 12.1 Å². The van der Waals surface area contributed by atoms with Crippen LogP contribution in [-0.4, -0.2) is 26.7 Å². The van der Waals surface area contributed by atoms with Crippen molar-refractivity contribution in [1.29, 1.82) is 0 Å². The van der Waals surface area contributed by atoms with Crippen molar-refractivity contribution >= 4 is 21.2 Å². The SMILES string of the molecule is CNC(Cc1nccs1)c1cccc(S(C)(=O)=O)c1. The highest BCUT2D eigenvalue weighted by Crippen LogP contribution is 2.22. The van der Waals surface area contributed by atoms with Crippen molar-refractivity contribution in [3.8, 4) is 0 Å². The minimum atomic E-state index is -3.17. The molecule has 6 heteroatoms. The van der Waals surface area contributed by atoms with E-state index in [0.717, 1.165) is 17.0 Å². The van der Waals surface area contributed by atoms with Crippen molar-refractivity contribution in [1.82, 2.24) is 10.3 Å². The molecule has 0 amide bonds. The lowest BCUT2D eigenvalue weighted by Crippen LogP contribution is -2.19. The maximum Gasteiger partial charge on any atom is 0.175 e. The van der Waals surface area contributed by atoms with Crippen LogP contribution in [0.2, 0.25) is 0 Å². The summed E-state index contributed by atoms with van der Waals surface area (Å²) in [7, 11) is -1.30. The molecule has 102 valence electrons. The fourth-order valence-corrected chi connectivity index (χ4v) is 3.22. The van der Waals surface area contributed by atoms with Crippen molar-refractivity contribution in [2.75, 3.05) is 13.3 Å². The van der Waals surface area contributed by atoms with E-state index >= 15 is 0 Å². The van der Waals surface area contributed by atoms with E-state index in [1.165, 1.54) is 6.26 Å². The molecule has 1 aromatic heterocycles. The Morgan fingerprint density at radius 1 is 1.42 bits per heavy atom. The van der Waals surface area contributed by atoms with Crippen molar-refractivity contribution in [3.63, 3.8) is 0 Å². The second-order valence-corrected chi connectivity index (χ2v) is 7.31. The van der Waals surface area contributed by atoms with E-state index in [0.29, 0.717) is 4.90 Å². The van der Waals surface area contributed by atoms with Crippen LogP contribution in [0.25, 0.3) is 0 Å². The van der Waals surface area contributed by atoms with Gasteiger partial charge in [0.15, 0.2) is 9.84 Å². The number of sulfone groups is 1. The molecular formula is C13H16N2O2S2. The summed E-state index contributed by atoms with van der Waals surface area (Å²) in [6.45, 7) is 0. The molecule has 1 atom stereocenters. The van der Waals surface area contributed by atoms with Crippen LogP contribution in [0.3, 0.4) is 0 Å². The van der Waals surface area contributed by atoms with E-state index in [1.54, 1.807) is 35.7 Å². The summed E-state index contributed by atoms with van der Waals surface area (Å²) in [5.74, 6) is 0. The average Bonchev–Trinajstić information content (AvgIpc) is 2.88. The van der Waals surface area contributed by atoms with Gasteiger partial charge in [-0.05, 0) is 24.7 Å². The van der Waals surface area contributed by atoms with E-state index < -0.39 is 9.84 Å². The van der Waals surface area contributed by atoms with Gasteiger partial charge in [0.05, 0.1) is 9.90 Å². The molecule has 0 fully saturated rings. The van der Waals surface area contributed by atoms with Crippen molar-refractivity contribution in [3.05, 3.63) is 46.4 Å². The van der Waals surface area contributed by atoms with Crippen LogP contribution < -0.4 is 5.32 Å². The van der Waals surface area contributed by atoms with Crippen molar-refractivity contribution in [2.45, 2.75) is 17.4 Å². The minimum absolute atomic E-state index is 0.0628. The number of rotatable bonds is 5. The second-order valence-electron chi connectivity index (χ2n) is 4.32. The van der Waals surface area contributed by atoms with Gasteiger partial charge in [-0.25, -0.2) is 13.4 Å². The van der Waals surface area contributed by atoms with Crippen LogP contribution in [0.1, 0.15) is 16.6 Å². The van der Waals surface area contributed by atoms with Gasteiger partial charge in [0, 0.05) is 30.3 Å². The van der Waals surface area contributed by atoms with Gasteiger partial charge in [0.2, 0.25) is 0 Å². The van der Waals surface area contributed by atoms with E-state index in [-0.39, 0.29) is 6.04 Å². The van der Waals surface area contributed by atoms with Crippen molar-refractivity contribution < 1.29 is 8.42 Å². The lowest BCUT2D eigenvalue weighted by molar-refractivity contribution is 0.586. The molecule has 2 aromatic rings. The third-order valence-electron chi connectivity index (χ3n) is 2.90. The number of aromatic nitrogens is 1. The Hall–Kier alpha value is -1.24. The topological polar surface area (TPSA) is 59.1 Å². The predicted octanol–water partition coefficient (Wildman–Crippen LogP) is 2.05. The largest absolute Gasteiger partial charge is 0.313 e. The van der Waals surface area contributed by atoms with Crippen LogP contribution in [0.4, 0.5) is 0 Å². The summed E-state index contributed by atoms with van der Waals surface area (Å²) in [6.07, 6.45) is 3.75. The Bertz CT molecular complexity index is 636. The number of nitrogens with one attached hydrogen (secondary N) is 1. The third kappa shape index (κ3) is 3.62. The highest BCUT2D eigenvalue weighted by molar-refractivity contribution is 7.90. The molecule has 1 heterocycles. The van der Waals surface area contributed by atoms with Gasteiger partial charge < -0.3 is 5.32 Å². The number of benzene rings is 1. The Morgan fingerprint density at radius 2 is 2.21 bits per heavy atom. The zero-order chi connectivity index (χ0) is 13.9. The molecular weight excluding hydrogens is 280 g/mol. The first-order chi connectivity index (χ1) is 9.00. The van der Waals surface area contributed by atoms with Crippen LogP contribution in [0, 0.1) is 0 Å².